The lowest BCUT2D eigenvalue weighted by molar-refractivity contribution is 0.534. The normalized spacial score (nSPS) is 19.8. The Labute approximate surface area is 140 Å². The molecule has 0 aromatic carbocycles. The maximum Gasteiger partial charge on any atom is 0.188 e. The first-order chi connectivity index (χ1) is 8.84. The van der Waals surface area contributed by atoms with Crippen LogP contribution in [0.5, 0.6) is 0 Å². The van der Waals surface area contributed by atoms with Gasteiger partial charge in [-0.05, 0) is 48.1 Å². The van der Waals surface area contributed by atoms with Gasteiger partial charge < -0.3 is 11.1 Å². The van der Waals surface area contributed by atoms with Gasteiger partial charge in [-0.25, -0.2) is 0 Å². The minimum absolute atomic E-state index is 0. The molecule has 0 bridgehead atoms. The number of nitrogens with two attached hydrogens (primary N) is 1. The molecule has 0 radical (unpaired) electrons. The Hall–Kier alpha value is 0.0500. The number of rotatable bonds is 5. The number of hydrogen-bond acceptors (Lipinski definition) is 3. The summed E-state index contributed by atoms with van der Waals surface area (Å²) in [6.45, 7) is 1.75. The summed E-state index contributed by atoms with van der Waals surface area (Å²) in [6.07, 6.45) is 3.66. The third-order valence-corrected chi connectivity index (χ3v) is 5.25. The van der Waals surface area contributed by atoms with E-state index in [1.54, 1.807) is 11.3 Å². The first kappa shape index (κ1) is 17.1. The molecule has 6 heteroatoms. The second kappa shape index (κ2) is 9.88. The van der Waals surface area contributed by atoms with Crippen molar-refractivity contribution in [3.05, 3.63) is 22.4 Å². The van der Waals surface area contributed by atoms with E-state index in [4.69, 9.17) is 5.73 Å². The maximum absolute atomic E-state index is 5.87. The van der Waals surface area contributed by atoms with E-state index in [1.807, 2.05) is 11.8 Å². The van der Waals surface area contributed by atoms with E-state index in [0.717, 1.165) is 25.4 Å². The number of thioether (sulfide) groups is 1. The molecule has 19 heavy (non-hydrogen) atoms. The number of thiophene rings is 1. The van der Waals surface area contributed by atoms with Crippen LogP contribution in [0, 0.1) is 5.92 Å². The molecule has 1 saturated heterocycles. The van der Waals surface area contributed by atoms with Gasteiger partial charge in [-0.2, -0.15) is 11.8 Å². The number of hydrogen-bond donors (Lipinski definition) is 2. The van der Waals surface area contributed by atoms with Crippen molar-refractivity contribution < 1.29 is 0 Å². The van der Waals surface area contributed by atoms with Crippen LogP contribution in [0.4, 0.5) is 0 Å². The van der Waals surface area contributed by atoms with E-state index in [-0.39, 0.29) is 24.0 Å². The predicted octanol–water partition coefficient (Wildman–Crippen LogP) is 2.96. The van der Waals surface area contributed by atoms with Gasteiger partial charge in [0.15, 0.2) is 5.96 Å². The predicted molar refractivity (Wildman–Crippen MR) is 98.0 cm³/mol. The van der Waals surface area contributed by atoms with Gasteiger partial charge in [0.1, 0.15) is 0 Å². The lowest BCUT2D eigenvalue weighted by atomic mass is 10.1. The highest BCUT2D eigenvalue weighted by Crippen LogP contribution is 2.22. The second-order valence-corrected chi connectivity index (χ2v) is 6.75. The van der Waals surface area contributed by atoms with Crippen molar-refractivity contribution in [3.8, 4) is 0 Å². The monoisotopic (exact) mass is 411 g/mol. The fraction of sp³-hybridized carbons (Fsp3) is 0.615. The molecule has 1 fully saturated rings. The van der Waals surface area contributed by atoms with Crippen LogP contribution in [-0.2, 0) is 6.42 Å². The van der Waals surface area contributed by atoms with Crippen molar-refractivity contribution in [2.45, 2.75) is 19.3 Å². The molecule has 1 unspecified atom stereocenters. The molecule has 3 N–H and O–H groups in total. The molecule has 0 spiro atoms. The summed E-state index contributed by atoms with van der Waals surface area (Å²) in [4.78, 5) is 5.83. The number of nitrogens with zero attached hydrogens (tertiary/aromatic N) is 1. The molecule has 1 aromatic rings. The molecule has 1 atom stereocenters. The molecule has 2 rings (SSSR count). The Morgan fingerprint density at radius 3 is 3.11 bits per heavy atom. The van der Waals surface area contributed by atoms with Gasteiger partial charge in [0.25, 0.3) is 0 Å². The smallest absolute Gasteiger partial charge is 0.188 e. The molecule has 1 aliphatic heterocycles. The minimum Gasteiger partial charge on any atom is -0.370 e. The summed E-state index contributed by atoms with van der Waals surface area (Å²) in [6, 6.07) is 4.23. The van der Waals surface area contributed by atoms with Gasteiger partial charge in [-0.3, -0.25) is 4.99 Å². The van der Waals surface area contributed by atoms with Gasteiger partial charge in [-0.15, -0.1) is 35.3 Å². The highest BCUT2D eigenvalue weighted by molar-refractivity contribution is 14.0. The van der Waals surface area contributed by atoms with Crippen LogP contribution in [0.25, 0.3) is 0 Å². The fourth-order valence-electron chi connectivity index (χ4n) is 2.00. The van der Waals surface area contributed by atoms with Crippen LogP contribution in [0.3, 0.4) is 0 Å². The Morgan fingerprint density at radius 1 is 1.53 bits per heavy atom. The van der Waals surface area contributed by atoms with Gasteiger partial charge in [0.05, 0.1) is 0 Å². The highest BCUT2D eigenvalue weighted by atomic mass is 127. The van der Waals surface area contributed by atoms with Crippen LogP contribution in [0.15, 0.2) is 22.5 Å². The van der Waals surface area contributed by atoms with Gasteiger partial charge in [-0.1, -0.05) is 6.07 Å². The third-order valence-electron chi connectivity index (χ3n) is 3.03. The quantitative estimate of drug-likeness (QED) is 0.445. The molecule has 1 aromatic heterocycles. The third kappa shape index (κ3) is 6.85. The molecule has 108 valence electrons. The zero-order chi connectivity index (χ0) is 12.6. The van der Waals surface area contributed by atoms with Crippen molar-refractivity contribution >= 4 is 53.0 Å². The Morgan fingerprint density at radius 2 is 2.42 bits per heavy atom. The van der Waals surface area contributed by atoms with E-state index < -0.39 is 0 Å². The Kier molecular flexibility index (Phi) is 8.89. The van der Waals surface area contributed by atoms with Crippen LogP contribution in [0.1, 0.15) is 17.7 Å². The molecule has 0 amide bonds. The average molecular weight is 411 g/mol. The minimum atomic E-state index is 0. The molecule has 0 aliphatic carbocycles. The van der Waals surface area contributed by atoms with Gasteiger partial charge in [0, 0.05) is 18.0 Å². The van der Waals surface area contributed by atoms with Crippen molar-refractivity contribution in [2.24, 2.45) is 16.6 Å². The topological polar surface area (TPSA) is 50.4 Å². The molecule has 0 saturated carbocycles. The summed E-state index contributed by atoms with van der Waals surface area (Å²) in [5.74, 6) is 3.88. The zero-order valence-electron chi connectivity index (χ0n) is 11.0. The first-order valence-electron chi connectivity index (χ1n) is 6.48. The van der Waals surface area contributed by atoms with E-state index in [0.29, 0.717) is 5.96 Å². The molecular weight excluding hydrogens is 389 g/mol. The van der Waals surface area contributed by atoms with Crippen molar-refractivity contribution in [2.75, 3.05) is 24.6 Å². The maximum atomic E-state index is 5.87. The van der Waals surface area contributed by atoms with Crippen LogP contribution >= 0.6 is 47.1 Å². The SMILES string of the molecule is I.NC(=NCC1CCCSC1)NCCc1cccs1. The Bertz CT molecular complexity index is 362. The fourth-order valence-corrected chi connectivity index (χ4v) is 3.86. The highest BCUT2D eigenvalue weighted by Gasteiger charge is 2.12. The van der Waals surface area contributed by atoms with Crippen molar-refractivity contribution in [3.63, 3.8) is 0 Å². The molecule has 2 heterocycles. The second-order valence-electron chi connectivity index (χ2n) is 4.57. The molecule has 1 aliphatic rings. The summed E-state index contributed by atoms with van der Waals surface area (Å²) < 4.78 is 0. The van der Waals surface area contributed by atoms with E-state index in [1.165, 1.54) is 29.2 Å². The van der Waals surface area contributed by atoms with E-state index in [9.17, 15) is 0 Å². The standard InChI is InChI=1S/C13H21N3S2.HI/c14-13(15-6-5-12-4-2-8-18-12)16-9-11-3-1-7-17-10-11;/h2,4,8,11H,1,3,5-7,9-10H2,(H3,14,15,16);1H. The lowest BCUT2D eigenvalue weighted by Crippen LogP contribution is -2.34. The first-order valence-corrected chi connectivity index (χ1v) is 8.52. The number of halogens is 1. The van der Waals surface area contributed by atoms with Crippen molar-refractivity contribution in [1.29, 1.82) is 0 Å². The number of guanidine groups is 1. The van der Waals surface area contributed by atoms with E-state index in [2.05, 4.69) is 27.8 Å². The number of aliphatic imine (C=N–C) groups is 1. The average Bonchev–Trinajstić information content (AvgIpc) is 2.91. The van der Waals surface area contributed by atoms with Crippen LogP contribution in [-0.4, -0.2) is 30.6 Å². The Balaban J connectivity index is 0.00000180. The number of nitrogens with one attached hydrogen (secondary N) is 1. The van der Waals surface area contributed by atoms with Gasteiger partial charge >= 0.3 is 0 Å². The van der Waals surface area contributed by atoms with E-state index >= 15 is 0 Å². The largest absolute Gasteiger partial charge is 0.370 e. The summed E-state index contributed by atoms with van der Waals surface area (Å²) in [5, 5.41) is 5.29. The van der Waals surface area contributed by atoms with Gasteiger partial charge in [0.2, 0.25) is 0 Å². The molecular formula is C13H22IN3S2. The summed E-state index contributed by atoms with van der Waals surface area (Å²) in [5.41, 5.74) is 5.87. The lowest BCUT2D eigenvalue weighted by Gasteiger charge is -2.19. The summed E-state index contributed by atoms with van der Waals surface area (Å²) in [7, 11) is 0. The zero-order valence-corrected chi connectivity index (χ0v) is 15.0. The molecule has 3 nitrogen and oxygen atoms in total. The van der Waals surface area contributed by atoms with Crippen LogP contribution < -0.4 is 11.1 Å². The summed E-state index contributed by atoms with van der Waals surface area (Å²) >= 11 is 3.83. The van der Waals surface area contributed by atoms with Crippen molar-refractivity contribution in [1.82, 2.24) is 5.32 Å². The van der Waals surface area contributed by atoms with Crippen LogP contribution in [0.2, 0.25) is 0 Å².